The van der Waals surface area contributed by atoms with E-state index in [2.05, 4.69) is 38.0 Å². The van der Waals surface area contributed by atoms with Crippen molar-refractivity contribution < 1.29 is 14.6 Å². The van der Waals surface area contributed by atoms with Gasteiger partial charge in [0, 0.05) is 24.7 Å². The smallest absolute Gasteiger partial charge is 0.308 e. The Morgan fingerprint density at radius 1 is 1.28 bits per heavy atom. The molecule has 0 saturated carbocycles. The predicted molar refractivity (Wildman–Crippen MR) is 136 cm³/mol. The van der Waals surface area contributed by atoms with Gasteiger partial charge in [-0.2, -0.15) is 5.10 Å². The maximum absolute atomic E-state index is 11.8. The first-order valence-electron chi connectivity index (χ1n) is 10.7. The van der Waals surface area contributed by atoms with E-state index in [-0.39, 0.29) is 23.1 Å². The first-order valence-corrected chi connectivity index (χ1v) is 12.0. The Hall–Kier alpha value is -2.45. The Morgan fingerprint density at radius 2 is 1.91 bits per heavy atom. The number of thiophene rings is 1. The molecule has 0 spiro atoms. The second-order valence-corrected chi connectivity index (χ2v) is 10.1. The van der Waals surface area contributed by atoms with Crippen LogP contribution in [-0.4, -0.2) is 47.5 Å². The first-order chi connectivity index (χ1) is 15.2. The van der Waals surface area contributed by atoms with Gasteiger partial charge in [-0.15, -0.1) is 11.3 Å². The highest BCUT2D eigenvalue weighted by molar-refractivity contribution is 7.80. The third-order valence-corrected chi connectivity index (χ3v) is 7.14. The standard InChI is InChI=1S/C24H31N3O3S2/c1-6-25-27(23(31)26-13-11-17(12-14-26)22(29)30-5)19-15-32-21(20(19)28)16-7-9-18(10-8-16)24(2,3)4/h6-10,15,17,28H,11-14H2,1-5H3/b25-6+. The molecule has 2 aromatic rings. The fraction of sp³-hybridized carbons (Fsp3) is 0.458. The summed E-state index contributed by atoms with van der Waals surface area (Å²) in [5.41, 5.74) is 2.83. The second-order valence-electron chi connectivity index (χ2n) is 8.88. The van der Waals surface area contributed by atoms with Gasteiger partial charge in [-0.1, -0.05) is 45.0 Å². The van der Waals surface area contributed by atoms with Crippen LogP contribution >= 0.6 is 23.6 Å². The lowest BCUT2D eigenvalue weighted by molar-refractivity contribution is -0.146. The van der Waals surface area contributed by atoms with E-state index in [0.29, 0.717) is 36.7 Å². The quantitative estimate of drug-likeness (QED) is 0.278. The summed E-state index contributed by atoms with van der Waals surface area (Å²) in [6.07, 6.45) is 3.01. The van der Waals surface area contributed by atoms with Crippen molar-refractivity contribution in [2.24, 2.45) is 11.0 Å². The van der Waals surface area contributed by atoms with Crippen molar-refractivity contribution >= 4 is 46.5 Å². The highest BCUT2D eigenvalue weighted by Gasteiger charge is 2.30. The van der Waals surface area contributed by atoms with Crippen LogP contribution in [0.5, 0.6) is 5.75 Å². The Balaban J connectivity index is 1.81. The van der Waals surface area contributed by atoms with Gasteiger partial charge in [-0.3, -0.25) is 4.79 Å². The summed E-state index contributed by atoms with van der Waals surface area (Å²) in [5, 5.41) is 19.5. The van der Waals surface area contributed by atoms with E-state index in [0.717, 1.165) is 10.4 Å². The van der Waals surface area contributed by atoms with Gasteiger partial charge in [-0.05, 0) is 48.5 Å². The molecule has 1 aliphatic rings. The van der Waals surface area contributed by atoms with Crippen LogP contribution < -0.4 is 5.01 Å². The summed E-state index contributed by atoms with van der Waals surface area (Å²) in [4.78, 5) is 14.6. The van der Waals surface area contributed by atoms with Gasteiger partial charge in [0.15, 0.2) is 10.9 Å². The number of carbonyl (C=O) groups is 1. The van der Waals surface area contributed by atoms with Crippen molar-refractivity contribution in [3.8, 4) is 16.2 Å². The molecule has 0 radical (unpaired) electrons. The molecule has 8 heteroatoms. The van der Waals surface area contributed by atoms with Gasteiger partial charge in [-0.25, -0.2) is 5.01 Å². The van der Waals surface area contributed by atoms with Gasteiger partial charge in [0.2, 0.25) is 0 Å². The van der Waals surface area contributed by atoms with Crippen molar-refractivity contribution in [3.05, 3.63) is 35.2 Å². The number of hydrogen-bond acceptors (Lipinski definition) is 6. The molecule has 1 aliphatic heterocycles. The summed E-state index contributed by atoms with van der Waals surface area (Å²) in [6, 6.07) is 8.29. The number of piperidine rings is 1. The largest absolute Gasteiger partial charge is 0.504 e. The third kappa shape index (κ3) is 5.13. The molecule has 0 unspecified atom stereocenters. The molecule has 1 fully saturated rings. The van der Waals surface area contributed by atoms with E-state index >= 15 is 0 Å². The number of hydrogen-bond donors (Lipinski definition) is 1. The minimum atomic E-state index is -0.170. The molecule has 0 atom stereocenters. The maximum Gasteiger partial charge on any atom is 0.308 e. The Labute approximate surface area is 199 Å². The molecule has 3 rings (SSSR count). The van der Waals surface area contributed by atoms with Crippen LogP contribution in [0.3, 0.4) is 0 Å². The average Bonchev–Trinajstić information content (AvgIpc) is 3.17. The topological polar surface area (TPSA) is 65.4 Å². The minimum absolute atomic E-state index is 0.0708. The zero-order chi connectivity index (χ0) is 23.5. The number of methoxy groups -OCH3 is 1. The number of nitrogens with zero attached hydrogens (tertiary/aromatic N) is 3. The van der Waals surface area contributed by atoms with E-state index in [9.17, 15) is 9.90 Å². The molecule has 1 N–H and O–H groups in total. The molecule has 6 nitrogen and oxygen atoms in total. The van der Waals surface area contributed by atoms with Crippen molar-refractivity contribution in [3.63, 3.8) is 0 Å². The van der Waals surface area contributed by atoms with Crippen LogP contribution in [0, 0.1) is 5.92 Å². The third-order valence-electron chi connectivity index (χ3n) is 5.70. The molecular formula is C24H31N3O3S2. The van der Waals surface area contributed by atoms with Crippen molar-refractivity contribution in [1.82, 2.24) is 4.90 Å². The number of benzene rings is 1. The molecule has 1 aromatic carbocycles. The van der Waals surface area contributed by atoms with E-state index in [1.807, 2.05) is 29.3 Å². The summed E-state index contributed by atoms with van der Waals surface area (Å²) in [7, 11) is 1.42. The van der Waals surface area contributed by atoms with Crippen LogP contribution in [0.2, 0.25) is 0 Å². The molecule has 2 heterocycles. The molecule has 32 heavy (non-hydrogen) atoms. The summed E-state index contributed by atoms with van der Waals surface area (Å²) >= 11 is 7.20. The van der Waals surface area contributed by atoms with E-state index in [1.165, 1.54) is 24.0 Å². The summed E-state index contributed by atoms with van der Waals surface area (Å²) in [5.74, 6) is -0.105. The lowest BCUT2D eigenvalue weighted by atomic mass is 9.86. The molecule has 0 amide bonds. The van der Waals surface area contributed by atoms with Crippen molar-refractivity contribution in [1.29, 1.82) is 0 Å². The fourth-order valence-corrected chi connectivity index (χ4v) is 5.01. The number of aromatic hydroxyl groups is 1. The lowest BCUT2D eigenvalue weighted by Crippen LogP contribution is -2.45. The lowest BCUT2D eigenvalue weighted by Gasteiger charge is -2.35. The fourth-order valence-electron chi connectivity index (χ4n) is 3.76. The van der Waals surface area contributed by atoms with Crippen LogP contribution in [0.15, 0.2) is 34.7 Å². The Bertz CT molecular complexity index is 985. The van der Waals surface area contributed by atoms with E-state index in [4.69, 9.17) is 17.0 Å². The zero-order valence-corrected chi connectivity index (χ0v) is 20.9. The van der Waals surface area contributed by atoms with Crippen molar-refractivity contribution in [2.45, 2.75) is 46.0 Å². The van der Waals surface area contributed by atoms with Gasteiger partial charge in [0.25, 0.3) is 0 Å². The predicted octanol–water partition coefficient (Wildman–Crippen LogP) is 5.40. The normalized spacial score (nSPS) is 15.2. The summed E-state index contributed by atoms with van der Waals surface area (Å²) in [6.45, 7) is 9.63. The zero-order valence-electron chi connectivity index (χ0n) is 19.3. The number of carbonyl (C=O) groups excluding carboxylic acids is 1. The van der Waals surface area contributed by atoms with E-state index < -0.39 is 0 Å². The monoisotopic (exact) mass is 473 g/mol. The number of ether oxygens (including phenoxy) is 1. The Kier molecular flexibility index (Phi) is 7.56. The highest BCUT2D eigenvalue weighted by Crippen LogP contribution is 2.44. The summed E-state index contributed by atoms with van der Waals surface area (Å²) < 4.78 is 4.87. The molecule has 0 bridgehead atoms. The average molecular weight is 474 g/mol. The number of esters is 1. The molecule has 0 aliphatic carbocycles. The molecule has 1 aromatic heterocycles. The molecular weight excluding hydrogens is 442 g/mol. The number of thiocarbonyl (C=S) groups is 1. The number of anilines is 1. The van der Waals surface area contributed by atoms with E-state index in [1.54, 1.807) is 11.2 Å². The van der Waals surface area contributed by atoms with Gasteiger partial charge < -0.3 is 14.7 Å². The maximum atomic E-state index is 11.8. The number of likely N-dealkylation sites (tertiary alicyclic amines) is 1. The SMILES string of the molecule is C/C=N/N(C(=S)N1CCC(C(=O)OC)CC1)c1csc(-c2ccc(C(C)(C)C)cc2)c1O. The molecule has 1 saturated heterocycles. The first kappa shape index (κ1) is 24.2. The molecule has 172 valence electrons. The van der Waals surface area contributed by atoms with Crippen LogP contribution in [0.1, 0.15) is 46.1 Å². The van der Waals surface area contributed by atoms with Crippen LogP contribution in [0.4, 0.5) is 5.69 Å². The van der Waals surface area contributed by atoms with Gasteiger partial charge >= 0.3 is 5.97 Å². The van der Waals surface area contributed by atoms with Gasteiger partial charge in [0.05, 0.1) is 17.9 Å². The Morgan fingerprint density at radius 3 is 2.44 bits per heavy atom. The van der Waals surface area contributed by atoms with Crippen LogP contribution in [-0.2, 0) is 14.9 Å². The van der Waals surface area contributed by atoms with Crippen molar-refractivity contribution in [2.75, 3.05) is 25.2 Å². The van der Waals surface area contributed by atoms with Crippen LogP contribution in [0.25, 0.3) is 10.4 Å². The minimum Gasteiger partial charge on any atom is -0.504 e. The second kappa shape index (κ2) is 10.0. The number of hydrazone groups is 1. The van der Waals surface area contributed by atoms with Gasteiger partial charge in [0.1, 0.15) is 5.69 Å². The number of rotatable bonds is 4. The highest BCUT2D eigenvalue weighted by atomic mass is 32.1.